The molecule has 6 heteroatoms. The molecule has 2 aromatic rings. The summed E-state index contributed by atoms with van der Waals surface area (Å²) in [6.07, 6.45) is 0. The van der Waals surface area contributed by atoms with Crippen molar-refractivity contribution in [1.82, 2.24) is 5.32 Å². The molecule has 0 saturated heterocycles. The molecule has 0 amide bonds. The molecular formula is C17H17ClFNO3. The Bertz CT molecular complexity index is 676. The number of aliphatic carboxylic acids is 1. The van der Waals surface area contributed by atoms with Crippen molar-refractivity contribution in [3.8, 4) is 5.75 Å². The van der Waals surface area contributed by atoms with E-state index in [1.54, 1.807) is 25.1 Å². The van der Waals surface area contributed by atoms with Gasteiger partial charge in [0.25, 0.3) is 0 Å². The summed E-state index contributed by atoms with van der Waals surface area (Å²) >= 11 is 5.94. The zero-order valence-corrected chi connectivity index (χ0v) is 13.3. The minimum atomic E-state index is -0.888. The maximum Gasteiger partial charge on any atom is 0.320 e. The van der Waals surface area contributed by atoms with Gasteiger partial charge >= 0.3 is 5.97 Å². The fourth-order valence-electron chi connectivity index (χ4n) is 1.86. The Hall–Kier alpha value is -2.11. The summed E-state index contributed by atoms with van der Waals surface area (Å²) in [7, 11) is 0. The average molecular weight is 338 g/mol. The zero-order valence-electron chi connectivity index (χ0n) is 12.6. The summed E-state index contributed by atoms with van der Waals surface area (Å²) in [5, 5.41) is 12.0. The molecule has 4 nitrogen and oxygen atoms in total. The van der Waals surface area contributed by atoms with Gasteiger partial charge in [0.2, 0.25) is 0 Å². The summed E-state index contributed by atoms with van der Waals surface area (Å²) in [6.45, 7) is 2.29. The van der Waals surface area contributed by atoms with Gasteiger partial charge in [0.15, 0.2) is 0 Å². The van der Waals surface area contributed by atoms with E-state index in [0.29, 0.717) is 22.9 Å². The summed E-state index contributed by atoms with van der Waals surface area (Å²) in [5.41, 5.74) is 1.65. The summed E-state index contributed by atoms with van der Waals surface area (Å²) in [4.78, 5) is 10.7. The number of carboxylic acids is 1. The highest BCUT2D eigenvalue weighted by Crippen LogP contribution is 2.20. The van der Waals surface area contributed by atoms with E-state index in [0.717, 1.165) is 5.56 Å². The van der Waals surface area contributed by atoms with Crippen LogP contribution in [0.2, 0.25) is 5.02 Å². The molecule has 0 fully saturated rings. The van der Waals surface area contributed by atoms with Gasteiger partial charge in [-0.25, -0.2) is 4.39 Å². The second-order valence-corrected chi connectivity index (χ2v) is 5.52. The van der Waals surface area contributed by atoms with E-state index in [1.807, 2.05) is 12.1 Å². The topological polar surface area (TPSA) is 58.6 Å². The molecule has 0 bridgehead atoms. The van der Waals surface area contributed by atoms with Gasteiger partial charge in [-0.1, -0.05) is 29.8 Å². The molecule has 0 heterocycles. The molecule has 0 aliphatic heterocycles. The number of hydrogen-bond donors (Lipinski definition) is 2. The second kappa shape index (κ2) is 7.94. The van der Waals surface area contributed by atoms with Gasteiger partial charge in [-0.05, 0) is 36.8 Å². The number of nitrogens with one attached hydrogen (secondary N) is 1. The van der Waals surface area contributed by atoms with Gasteiger partial charge in [-0.3, -0.25) is 4.79 Å². The average Bonchev–Trinajstić information content (AvgIpc) is 2.52. The lowest BCUT2D eigenvalue weighted by molar-refractivity contribution is -0.139. The normalized spacial score (nSPS) is 12.0. The third-order valence-corrected chi connectivity index (χ3v) is 3.67. The third kappa shape index (κ3) is 5.23. The monoisotopic (exact) mass is 337 g/mol. The Balaban J connectivity index is 1.88. The quantitative estimate of drug-likeness (QED) is 0.810. The lowest BCUT2D eigenvalue weighted by atomic mass is 10.2. The van der Waals surface area contributed by atoms with Crippen LogP contribution in [0.3, 0.4) is 0 Å². The fourth-order valence-corrected chi connectivity index (χ4v) is 2.08. The van der Waals surface area contributed by atoms with E-state index >= 15 is 0 Å². The lowest BCUT2D eigenvalue weighted by Crippen LogP contribution is -2.33. The first-order chi connectivity index (χ1) is 11.0. The maximum atomic E-state index is 13.0. The van der Waals surface area contributed by atoms with Crippen LogP contribution < -0.4 is 10.1 Å². The van der Waals surface area contributed by atoms with Crippen molar-refractivity contribution in [3.05, 3.63) is 64.4 Å². The van der Waals surface area contributed by atoms with E-state index in [9.17, 15) is 9.18 Å². The first-order valence-corrected chi connectivity index (χ1v) is 7.45. The lowest BCUT2D eigenvalue weighted by Gasteiger charge is -2.11. The van der Waals surface area contributed by atoms with E-state index in [-0.39, 0.29) is 12.4 Å². The molecule has 0 aliphatic carbocycles. The van der Waals surface area contributed by atoms with Gasteiger partial charge in [0.05, 0.1) is 5.02 Å². The predicted octanol–water partition coefficient (Wildman–Crippen LogP) is 3.62. The van der Waals surface area contributed by atoms with Gasteiger partial charge in [0, 0.05) is 12.1 Å². The number of carbonyl (C=O) groups is 1. The number of hydrogen-bond acceptors (Lipinski definition) is 3. The third-order valence-electron chi connectivity index (χ3n) is 3.32. The molecule has 2 rings (SSSR count). The molecule has 2 aromatic carbocycles. The standard InChI is InChI=1S/C17H17ClFNO3/c1-11(17(21)22)20-9-12-2-6-15(7-3-12)23-10-13-4-5-14(19)8-16(13)18/h2-8,11,20H,9-10H2,1H3,(H,21,22). The van der Waals surface area contributed by atoms with Crippen LogP contribution in [-0.4, -0.2) is 17.1 Å². The molecule has 1 atom stereocenters. The molecule has 1 unspecified atom stereocenters. The zero-order chi connectivity index (χ0) is 16.8. The van der Waals surface area contributed by atoms with E-state index in [1.165, 1.54) is 12.1 Å². The predicted molar refractivity (Wildman–Crippen MR) is 86.1 cm³/mol. The molecular weight excluding hydrogens is 321 g/mol. The molecule has 0 saturated carbocycles. The Morgan fingerprint density at radius 2 is 2.00 bits per heavy atom. The van der Waals surface area contributed by atoms with E-state index < -0.39 is 12.0 Å². The maximum absolute atomic E-state index is 13.0. The van der Waals surface area contributed by atoms with Crippen LogP contribution in [-0.2, 0) is 17.9 Å². The minimum absolute atomic E-state index is 0.243. The van der Waals surface area contributed by atoms with Crippen LogP contribution in [0.25, 0.3) is 0 Å². The molecule has 23 heavy (non-hydrogen) atoms. The number of rotatable bonds is 7. The van der Waals surface area contributed by atoms with Crippen molar-refractivity contribution in [2.24, 2.45) is 0 Å². The first kappa shape index (κ1) is 17.2. The smallest absolute Gasteiger partial charge is 0.320 e. The van der Waals surface area contributed by atoms with Crippen molar-refractivity contribution in [2.75, 3.05) is 0 Å². The second-order valence-electron chi connectivity index (χ2n) is 5.11. The van der Waals surface area contributed by atoms with Crippen LogP contribution in [0.5, 0.6) is 5.75 Å². The van der Waals surface area contributed by atoms with Crippen molar-refractivity contribution in [1.29, 1.82) is 0 Å². The highest BCUT2D eigenvalue weighted by atomic mass is 35.5. The molecule has 122 valence electrons. The van der Waals surface area contributed by atoms with Crippen molar-refractivity contribution in [3.63, 3.8) is 0 Å². The first-order valence-electron chi connectivity index (χ1n) is 7.07. The van der Waals surface area contributed by atoms with Crippen molar-refractivity contribution >= 4 is 17.6 Å². The summed E-state index contributed by atoms with van der Waals surface area (Å²) < 4.78 is 18.6. The SMILES string of the molecule is CC(NCc1ccc(OCc2ccc(F)cc2Cl)cc1)C(=O)O. The van der Waals surface area contributed by atoms with Crippen LogP contribution in [0.4, 0.5) is 4.39 Å². The highest BCUT2D eigenvalue weighted by Gasteiger charge is 2.09. The number of ether oxygens (including phenoxy) is 1. The van der Waals surface area contributed by atoms with Crippen LogP contribution in [0.15, 0.2) is 42.5 Å². The molecule has 2 N–H and O–H groups in total. The number of halogens is 2. The molecule has 0 radical (unpaired) electrons. The van der Waals surface area contributed by atoms with Crippen LogP contribution in [0.1, 0.15) is 18.1 Å². The van der Waals surface area contributed by atoms with Crippen LogP contribution >= 0.6 is 11.6 Å². The molecule has 0 aliphatic rings. The van der Waals surface area contributed by atoms with Gasteiger partial charge in [-0.2, -0.15) is 0 Å². The fraction of sp³-hybridized carbons (Fsp3) is 0.235. The Morgan fingerprint density at radius 3 is 2.61 bits per heavy atom. The van der Waals surface area contributed by atoms with Gasteiger partial charge < -0.3 is 15.2 Å². The minimum Gasteiger partial charge on any atom is -0.489 e. The Morgan fingerprint density at radius 1 is 1.30 bits per heavy atom. The van der Waals surface area contributed by atoms with E-state index in [4.69, 9.17) is 21.4 Å². The largest absolute Gasteiger partial charge is 0.489 e. The van der Waals surface area contributed by atoms with Gasteiger partial charge in [0.1, 0.15) is 24.2 Å². The van der Waals surface area contributed by atoms with Crippen molar-refractivity contribution in [2.45, 2.75) is 26.1 Å². The van der Waals surface area contributed by atoms with Gasteiger partial charge in [-0.15, -0.1) is 0 Å². The Kier molecular flexibility index (Phi) is 5.96. The number of benzene rings is 2. The van der Waals surface area contributed by atoms with Crippen LogP contribution in [0, 0.1) is 5.82 Å². The number of carboxylic acid groups (broad SMARTS) is 1. The molecule has 0 spiro atoms. The molecule has 0 aromatic heterocycles. The van der Waals surface area contributed by atoms with Crippen molar-refractivity contribution < 1.29 is 19.0 Å². The van der Waals surface area contributed by atoms with E-state index in [2.05, 4.69) is 5.32 Å². The summed E-state index contributed by atoms with van der Waals surface area (Å²) in [6, 6.07) is 10.9. The summed E-state index contributed by atoms with van der Waals surface area (Å²) in [5.74, 6) is -0.618. The Labute approximate surface area is 138 Å². The highest BCUT2D eigenvalue weighted by molar-refractivity contribution is 6.31.